The molecule has 1 amide bonds. The van der Waals surface area contributed by atoms with Crippen molar-refractivity contribution in [3.05, 3.63) is 59.2 Å². The number of aryl methyl sites for hydroxylation is 1. The third-order valence-corrected chi connectivity index (χ3v) is 4.08. The van der Waals surface area contributed by atoms with Gasteiger partial charge < -0.3 is 10.1 Å². The van der Waals surface area contributed by atoms with Crippen molar-refractivity contribution in [1.82, 2.24) is 0 Å². The van der Waals surface area contributed by atoms with E-state index in [9.17, 15) is 13.2 Å². The van der Waals surface area contributed by atoms with Gasteiger partial charge in [-0.3, -0.25) is 4.79 Å². The number of methoxy groups -OCH3 is 1. The predicted molar refractivity (Wildman–Crippen MR) is 90.7 cm³/mol. The molecule has 0 bridgehead atoms. The van der Waals surface area contributed by atoms with E-state index in [4.69, 9.17) is 4.74 Å². The molecule has 2 aromatic carbocycles. The Morgan fingerprint density at radius 3 is 2.57 bits per heavy atom. The summed E-state index contributed by atoms with van der Waals surface area (Å²) in [5.41, 5.74) is 2.55. The molecule has 122 valence electrons. The first-order chi connectivity index (χ1) is 10.8. The molecule has 0 saturated carbocycles. The monoisotopic (exact) mass is 333 g/mol. The Hall–Kier alpha value is -2.34. The molecular formula is C17H19NO4S. The number of amides is 1. The maximum atomic E-state index is 12.4. The Kier molecular flexibility index (Phi) is 5.05. The van der Waals surface area contributed by atoms with Crippen LogP contribution in [0, 0.1) is 6.92 Å². The van der Waals surface area contributed by atoms with E-state index in [0.717, 1.165) is 11.8 Å². The second-order valence-corrected chi connectivity index (χ2v) is 7.57. The van der Waals surface area contributed by atoms with Crippen molar-refractivity contribution in [2.45, 2.75) is 12.7 Å². The highest BCUT2D eigenvalue weighted by Gasteiger charge is 2.12. The topological polar surface area (TPSA) is 72.5 Å². The first-order valence-electron chi connectivity index (χ1n) is 7.01. The molecule has 0 saturated heterocycles. The number of benzene rings is 2. The van der Waals surface area contributed by atoms with Gasteiger partial charge in [-0.2, -0.15) is 0 Å². The van der Waals surface area contributed by atoms with Crippen molar-refractivity contribution in [1.29, 1.82) is 0 Å². The van der Waals surface area contributed by atoms with Crippen LogP contribution in [0.15, 0.2) is 42.5 Å². The van der Waals surface area contributed by atoms with Crippen LogP contribution in [-0.2, 0) is 15.6 Å². The maximum absolute atomic E-state index is 12.4. The molecule has 0 radical (unpaired) electrons. The van der Waals surface area contributed by atoms with Crippen molar-refractivity contribution in [2.24, 2.45) is 0 Å². The number of ether oxygens (including phenoxy) is 1. The summed E-state index contributed by atoms with van der Waals surface area (Å²) in [6, 6.07) is 12.1. The minimum Gasteiger partial charge on any atom is -0.495 e. The fourth-order valence-electron chi connectivity index (χ4n) is 2.22. The van der Waals surface area contributed by atoms with Gasteiger partial charge in [0.05, 0.1) is 18.6 Å². The summed E-state index contributed by atoms with van der Waals surface area (Å²) in [6.45, 7) is 1.92. The number of carbonyl (C=O) groups is 1. The third-order valence-electron chi connectivity index (χ3n) is 3.22. The number of carbonyl (C=O) groups excluding carboxylic acids is 1. The smallest absolute Gasteiger partial charge is 0.255 e. The molecule has 2 rings (SSSR count). The second-order valence-electron chi connectivity index (χ2n) is 5.43. The molecule has 6 heteroatoms. The highest BCUT2D eigenvalue weighted by molar-refractivity contribution is 7.89. The first-order valence-corrected chi connectivity index (χ1v) is 9.07. The van der Waals surface area contributed by atoms with Crippen LogP contribution in [0.4, 0.5) is 5.69 Å². The molecule has 0 fully saturated rings. The Balaban J connectivity index is 2.25. The molecule has 0 unspecified atom stereocenters. The molecular weight excluding hydrogens is 314 g/mol. The van der Waals surface area contributed by atoms with E-state index in [0.29, 0.717) is 22.6 Å². The average Bonchev–Trinajstić information content (AvgIpc) is 2.46. The zero-order valence-corrected chi connectivity index (χ0v) is 14.1. The van der Waals surface area contributed by atoms with Gasteiger partial charge in [0.2, 0.25) is 0 Å². The number of hydrogen-bond donors (Lipinski definition) is 1. The molecule has 5 nitrogen and oxygen atoms in total. The molecule has 0 aliphatic rings. The van der Waals surface area contributed by atoms with E-state index < -0.39 is 9.84 Å². The summed E-state index contributed by atoms with van der Waals surface area (Å²) in [5, 5.41) is 2.80. The molecule has 0 atom stereocenters. The molecule has 23 heavy (non-hydrogen) atoms. The minimum atomic E-state index is -3.15. The van der Waals surface area contributed by atoms with E-state index in [-0.39, 0.29) is 11.7 Å². The van der Waals surface area contributed by atoms with E-state index in [1.807, 2.05) is 19.1 Å². The maximum Gasteiger partial charge on any atom is 0.255 e. The Bertz CT molecular complexity index is 828. The standard InChI is InChI=1S/C17H19NO4S/c1-12-7-8-16(22-2)15(9-12)18-17(19)14-6-4-5-13(10-14)11-23(3,20)21/h4-10H,11H2,1-3H3,(H,18,19). The normalized spacial score (nSPS) is 11.1. The highest BCUT2D eigenvalue weighted by atomic mass is 32.2. The zero-order valence-electron chi connectivity index (χ0n) is 13.3. The van der Waals surface area contributed by atoms with Crippen LogP contribution in [0.25, 0.3) is 0 Å². The van der Waals surface area contributed by atoms with Gasteiger partial charge >= 0.3 is 0 Å². The second kappa shape index (κ2) is 6.83. The van der Waals surface area contributed by atoms with Crippen LogP contribution in [0.3, 0.4) is 0 Å². The SMILES string of the molecule is COc1ccc(C)cc1NC(=O)c1cccc(CS(C)(=O)=O)c1. The largest absolute Gasteiger partial charge is 0.495 e. The van der Waals surface area contributed by atoms with Gasteiger partial charge in [0.25, 0.3) is 5.91 Å². The summed E-state index contributed by atoms with van der Waals surface area (Å²) in [6.07, 6.45) is 1.16. The van der Waals surface area contributed by atoms with Gasteiger partial charge in [-0.1, -0.05) is 18.2 Å². The predicted octanol–water partition coefficient (Wildman–Crippen LogP) is 2.80. The van der Waals surface area contributed by atoms with Crippen molar-refractivity contribution < 1.29 is 17.9 Å². The third kappa shape index (κ3) is 4.82. The van der Waals surface area contributed by atoms with Crippen LogP contribution in [0.5, 0.6) is 5.75 Å². The van der Waals surface area contributed by atoms with E-state index >= 15 is 0 Å². The van der Waals surface area contributed by atoms with Gasteiger partial charge in [0, 0.05) is 11.8 Å². The summed E-state index contributed by atoms with van der Waals surface area (Å²) < 4.78 is 28.0. The van der Waals surface area contributed by atoms with Gasteiger partial charge in [0.15, 0.2) is 9.84 Å². The van der Waals surface area contributed by atoms with Crippen LogP contribution >= 0.6 is 0 Å². The molecule has 0 heterocycles. The summed E-state index contributed by atoms with van der Waals surface area (Å²) in [7, 11) is -1.61. The van der Waals surface area contributed by atoms with Gasteiger partial charge in [-0.05, 0) is 42.3 Å². The average molecular weight is 333 g/mol. The lowest BCUT2D eigenvalue weighted by Crippen LogP contribution is -2.13. The Morgan fingerprint density at radius 1 is 1.17 bits per heavy atom. The molecule has 0 aliphatic heterocycles. The first kappa shape index (κ1) is 17.0. The van der Waals surface area contributed by atoms with Crippen LogP contribution < -0.4 is 10.1 Å². The lowest BCUT2D eigenvalue weighted by molar-refractivity contribution is 0.102. The number of sulfone groups is 1. The summed E-state index contributed by atoms with van der Waals surface area (Å²) in [5.74, 6) is 0.155. The summed E-state index contributed by atoms with van der Waals surface area (Å²) in [4.78, 5) is 12.4. The molecule has 1 N–H and O–H groups in total. The fourth-order valence-corrected chi connectivity index (χ4v) is 3.00. The van der Waals surface area contributed by atoms with Gasteiger partial charge in [-0.25, -0.2) is 8.42 Å². The van der Waals surface area contributed by atoms with Gasteiger partial charge in [-0.15, -0.1) is 0 Å². The van der Waals surface area contributed by atoms with Crippen LogP contribution in [0.1, 0.15) is 21.5 Å². The summed E-state index contributed by atoms with van der Waals surface area (Å²) >= 11 is 0. The Morgan fingerprint density at radius 2 is 1.91 bits per heavy atom. The van der Waals surface area contributed by atoms with Crippen LogP contribution in [0.2, 0.25) is 0 Å². The van der Waals surface area contributed by atoms with Gasteiger partial charge in [0.1, 0.15) is 5.75 Å². The number of nitrogens with one attached hydrogen (secondary N) is 1. The number of hydrogen-bond acceptors (Lipinski definition) is 4. The van der Waals surface area contributed by atoms with Crippen LogP contribution in [-0.4, -0.2) is 27.7 Å². The number of rotatable bonds is 5. The molecule has 0 spiro atoms. The molecule has 0 aromatic heterocycles. The lowest BCUT2D eigenvalue weighted by atomic mass is 10.1. The minimum absolute atomic E-state index is 0.0954. The lowest BCUT2D eigenvalue weighted by Gasteiger charge is -2.11. The number of anilines is 1. The quantitative estimate of drug-likeness (QED) is 0.913. The van der Waals surface area contributed by atoms with Crippen molar-refractivity contribution in [3.63, 3.8) is 0 Å². The Labute approximate surface area is 136 Å². The van der Waals surface area contributed by atoms with E-state index in [1.165, 1.54) is 7.11 Å². The van der Waals surface area contributed by atoms with Crippen molar-refractivity contribution in [3.8, 4) is 5.75 Å². The van der Waals surface area contributed by atoms with E-state index in [1.54, 1.807) is 30.3 Å². The van der Waals surface area contributed by atoms with E-state index in [2.05, 4.69) is 5.32 Å². The fraction of sp³-hybridized carbons (Fsp3) is 0.235. The molecule has 0 aliphatic carbocycles. The zero-order chi connectivity index (χ0) is 17.0. The van der Waals surface area contributed by atoms with Crippen molar-refractivity contribution in [2.75, 3.05) is 18.7 Å². The molecule has 2 aromatic rings. The van der Waals surface area contributed by atoms with Crippen molar-refractivity contribution >= 4 is 21.4 Å². The highest BCUT2D eigenvalue weighted by Crippen LogP contribution is 2.25.